The van der Waals surface area contributed by atoms with Crippen molar-refractivity contribution in [2.75, 3.05) is 0 Å². The van der Waals surface area contributed by atoms with Gasteiger partial charge in [0.05, 0.1) is 16.9 Å². The first-order valence-electron chi connectivity index (χ1n) is 4.91. The lowest BCUT2D eigenvalue weighted by molar-refractivity contribution is 0.186. The van der Waals surface area contributed by atoms with E-state index in [0.29, 0.717) is 0 Å². The third-order valence-corrected chi connectivity index (χ3v) is 2.53. The Kier molecular flexibility index (Phi) is 2.32. The second kappa shape index (κ2) is 3.51. The zero-order valence-corrected chi connectivity index (χ0v) is 8.86. The summed E-state index contributed by atoms with van der Waals surface area (Å²) < 4.78 is 0. The Hall–Kier alpha value is -1.61. The van der Waals surface area contributed by atoms with Crippen LogP contribution >= 0.6 is 0 Å². The second-order valence-electron chi connectivity index (χ2n) is 4.09. The highest BCUT2D eigenvalue weighted by molar-refractivity contribution is 6.11. The number of nitrogens with one attached hydrogen (secondary N) is 1. The van der Waals surface area contributed by atoms with Crippen molar-refractivity contribution in [3.63, 3.8) is 0 Å². The van der Waals surface area contributed by atoms with Crippen LogP contribution in [0.5, 0.6) is 0 Å². The number of nitrogens with zero attached hydrogens (tertiary/aromatic N) is 1. The summed E-state index contributed by atoms with van der Waals surface area (Å²) in [6, 6.07) is 9.93. The van der Waals surface area contributed by atoms with Crippen molar-refractivity contribution in [3.05, 3.63) is 47.7 Å². The lowest BCUT2D eigenvalue weighted by Crippen LogP contribution is -2.26. The van der Waals surface area contributed by atoms with Crippen molar-refractivity contribution in [2.24, 2.45) is 4.99 Å². The number of hydrogen-bond donors (Lipinski definition) is 2. The van der Waals surface area contributed by atoms with Crippen LogP contribution in [0.2, 0.25) is 0 Å². The van der Waals surface area contributed by atoms with E-state index in [9.17, 15) is 0 Å². The van der Waals surface area contributed by atoms with E-state index < -0.39 is 0 Å². The van der Waals surface area contributed by atoms with Gasteiger partial charge in [0.25, 0.3) is 0 Å². The van der Waals surface area contributed by atoms with Gasteiger partial charge in [-0.25, -0.2) is 0 Å². The Balaban J connectivity index is 2.39. The predicted octanol–water partition coefficient (Wildman–Crippen LogP) is 2.13. The average Bonchev–Trinajstić information content (AvgIpc) is 2.55. The summed E-state index contributed by atoms with van der Waals surface area (Å²) in [6.45, 7) is 3.91. The fraction of sp³-hybridized carbons (Fsp3) is 0.250. The van der Waals surface area contributed by atoms with Crippen molar-refractivity contribution < 1.29 is 5.21 Å². The number of allylic oxidation sites excluding steroid dienone is 1. The standard InChI is InChI=1S/C12H14N2O/c1-12(2)11(14-15)8-10(13-12)9-6-4-3-5-7-9/h3-8,14-15H,1-2H3. The third-order valence-electron chi connectivity index (χ3n) is 2.53. The van der Waals surface area contributed by atoms with Gasteiger partial charge < -0.3 is 0 Å². The minimum absolute atomic E-state index is 0.375. The molecule has 1 aliphatic heterocycles. The van der Waals surface area contributed by atoms with E-state index in [4.69, 9.17) is 5.21 Å². The molecule has 1 aliphatic rings. The van der Waals surface area contributed by atoms with Gasteiger partial charge in [-0.3, -0.25) is 15.7 Å². The van der Waals surface area contributed by atoms with E-state index in [-0.39, 0.29) is 5.54 Å². The maximum absolute atomic E-state index is 8.97. The zero-order chi connectivity index (χ0) is 10.9. The lowest BCUT2D eigenvalue weighted by atomic mass is 10.0. The van der Waals surface area contributed by atoms with Crippen LogP contribution in [0, 0.1) is 0 Å². The van der Waals surface area contributed by atoms with E-state index in [0.717, 1.165) is 17.0 Å². The fourth-order valence-corrected chi connectivity index (χ4v) is 1.63. The molecular weight excluding hydrogens is 188 g/mol. The Bertz CT molecular complexity index is 419. The molecule has 3 heteroatoms. The molecule has 0 aromatic heterocycles. The molecule has 0 radical (unpaired) electrons. The van der Waals surface area contributed by atoms with E-state index in [1.165, 1.54) is 0 Å². The molecule has 2 N–H and O–H groups in total. The topological polar surface area (TPSA) is 44.6 Å². The molecule has 0 aliphatic carbocycles. The number of hydroxylamine groups is 1. The summed E-state index contributed by atoms with van der Waals surface area (Å²) in [7, 11) is 0. The summed E-state index contributed by atoms with van der Waals surface area (Å²) in [5.74, 6) is 0. The zero-order valence-electron chi connectivity index (χ0n) is 8.86. The molecule has 0 amide bonds. The first-order valence-corrected chi connectivity index (χ1v) is 4.91. The maximum Gasteiger partial charge on any atom is 0.0975 e. The smallest absolute Gasteiger partial charge is 0.0975 e. The van der Waals surface area contributed by atoms with E-state index in [2.05, 4.69) is 10.5 Å². The van der Waals surface area contributed by atoms with Gasteiger partial charge in [0.15, 0.2) is 0 Å². The molecule has 1 aromatic carbocycles. The van der Waals surface area contributed by atoms with Crippen LogP contribution in [-0.2, 0) is 0 Å². The fourth-order valence-electron chi connectivity index (χ4n) is 1.63. The Morgan fingerprint density at radius 1 is 1.20 bits per heavy atom. The van der Waals surface area contributed by atoms with Gasteiger partial charge in [0, 0.05) is 0 Å². The van der Waals surface area contributed by atoms with Crippen LogP contribution < -0.4 is 5.48 Å². The molecule has 15 heavy (non-hydrogen) atoms. The first kappa shape index (κ1) is 9.93. The molecule has 0 spiro atoms. The maximum atomic E-state index is 8.97. The third kappa shape index (κ3) is 1.78. The summed E-state index contributed by atoms with van der Waals surface area (Å²) in [6.07, 6.45) is 1.87. The Morgan fingerprint density at radius 2 is 1.87 bits per heavy atom. The first-order chi connectivity index (χ1) is 7.13. The number of hydrogen-bond acceptors (Lipinski definition) is 3. The van der Waals surface area contributed by atoms with Crippen LogP contribution in [0.1, 0.15) is 19.4 Å². The van der Waals surface area contributed by atoms with Gasteiger partial charge >= 0.3 is 0 Å². The van der Waals surface area contributed by atoms with Gasteiger partial charge in [0.2, 0.25) is 0 Å². The highest BCUT2D eigenvalue weighted by Gasteiger charge is 2.28. The Morgan fingerprint density at radius 3 is 2.40 bits per heavy atom. The molecule has 0 atom stereocenters. The molecule has 78 valence electrons. The monoisotopic (exact) mass is 202 g/mol. The molecule has 1 heterocycles. The summed E-state index contributed by atoms with van der Waals surface area (Å²) in [5.41, 5.74) is 4.51. The van der Waals surface area contributed by atoms with E-state index in [1.54, 1.807) is 0 Å². The number of rotatable bonds is 2. The van der Waals surface area contributed by atoms with Crippen molar-refractivity contribution >= 4 is 5.71 Å². The molecule has 1 aromatic rings. The minimum Gasteiger partial charge on any atom is -0.291 e. The summed E-state index contributed by atoms with van der Waals surface area (Å²) >= 11 is 0. The molecule has 0 unspecified atom stereocenters. The minimum atomic E-state index is -0.375. The number of benzene rings is 1. The summed E-state index contributed by atoms with van der Waals surface area (Å²) in [4.78, 5) is 4.54. The molecule has 0 bridgehead atoms. The summed E-state index contributed by atoms with van der Waals surface area (Å²) in [5, 5.41) is 8.97. The lowest BCUT2D eigenvalue weighted by Gasteiger charge is -2.17. The van der Waals surface area contributed by atoms with Crippen molar-refractivity contribution in [3.8, 4) is 0 Å². The normalized spacial score (nSPS) is 18.3. The van der Waals surface area contributed by atoms with E-state index in [1.807, 2.05) is 50.3 Å². The molecule has 0 fully saturated rings. The van der Waals surface area contributed by atoms with Gasteiger partial charge in [-0.15, -0.1) is 0 Å². The second-order valence-corrected chi connectivity index (χ2v) is 4.09. The van der Waals surface area contributed by atoms with Crippen molar-refractivity contribution in [1.82, 2.24) is 5.48 Å². The quantitative estimate of drug-likeness (QED) is 0.721. The largest absolute Gasteiger partial charge is 0.291 e. The Labute approximate surface area is 89.1 Å². The van der Waals surface area contributed by atoms with Crippen LogP contribution in [0.25, 0.3) is 0 Å². The SMILES string of the molecule is CC1(C)N=C(c2ccccc2)C=C1NO. The van der Waals surface area contributed by atoms with Crippen LogP contribution in [0.4, 0.5) is 0 Å². The molecule has 0 saturated carbocycles. The predicted molar refractivity (Wildman–Crippen MR) is 60.1 cm³/mol. The van der Waals surface area contributed by atoms with E-state index >= 15 is 0 Å². The van der Waals surface area contributed by atoms with Gasteiger partial charge in [-0.05, 0) is 25.5 Å². The average molecular weight is 202 g/mol. The van der Waals surface area contributed by atoms with Gasteiger partial charge in [-0.2, -0.15) is 0 Å². The van der Waals surface area contributed by atoms with Crippen LogP contribution in [0.15, 0.2) is 47.1 Å². The van der Waals surface area contributed by atoms with Gasteiger partial charge in [-0.1, -0.05) is 30.3 Å². The number of aliphatic imine (C=N–C) groups is 1. The highest BCUT2D eigenvalue weighted by atomic mass is 16.5. The molecule has 0 saturated heterocycles. The molecular formula is C12H14N2O. The van der Waals surface area contributed by atoms with Gasteiger partial charge in [0.1, 0.15) is 0 Å². The molecule has 3 nitrogen and oxygen atoms in total. The van der Waals surface area contributed by atoms with Crippen molar-refractivity contribution in [1.29, 1.82) is 0 Å². The highest BCUT2D eigenvalue weighted by Crippen LogP contribution is 2.26. The van der Waals surface area contributed by atoms with Crippen LogP contribution in [0.3, 0.4) is 0 Å². The molecule has 2 rings (SSSR count). The van der Waals surface area contributed by atoms with Crippen LogP contribution in [-0.4, -0.2) is 16.5 Å². The van der Waals surface area contributed by atoms with Crippen molar-refractivity contribution in [2.45, 2.75) is 19.4 Å².